The van der Waals surface area contributed by atoms with Crippen LogP contribution in [0.15, 0.2) is 0 Å². The average molecular weight is 161 g/mol. The van der Waals surface area contributed by atoms with Crippen LogP contribution in [-0.2, 0) is 4.43 Å². The molecule has 0 heterocycles. The Morgan fingerprint density at radius 3 is 2.20 bits per heavy atom. The van der Waals surface area contributed by atoms with Crippen molar-refractivity contribution in [2.45, 2.75) is 32.7 Å². The van der Waals surface area contributed by atoms with Crippen molar-refractivity contribution in [3.8, 4) is 0 Å². The fourth-order valence-corrected chi connectivity index (χ4v) is 2.22. The van der Waals surface area contributed by atoms with Crippen LogP contribution in [0, 0.1) is 0 Å². The van der Waals surface area contributed by atoms with E-state index >= 15 is 0 Å². The Balaban J connectivity index is 3.47. The fourth-order valence-electron chi connectivity index (χ4n) is 0.933. The SMILES string of the molecule is CNCC(C)O[Si](C)(C)C. The van der Waals surface area contributed by atoms with Gasteiger partial charge in [-0.25, -0.2) is 0 Å². The van der Waals surface area contributed by atoms with Crippen molar-refractivity contribution >= 4 is 8.32 Å². The molecule has 0 radical (unpaired) electrons. The van der Waals surface area contributed by atoms with E-state index in [0.29, 0.717) is 6.10 Å². The van der Waals surface area contributed by atoms with Gasteiger partial charge in [-0.2, -0.15) is 0 Å². The molecule has 10 heavy (non-hydrogen) atoms. The van der Waals surface area contributed by atoms with Crippen LogP contribution in [0.1, 0.15) is 6.92 Å². The van der Waals surface area contributed by atoms with Crippen LogP contribution < -0.4 is 5.32 Å². The topological polar surface area (TPSA) is 21.3 Å². The van der Waals surface area contributed by atoms with Gasteiger partial charge in [0.1, 0.15) is 0 Å². The Bertz CT molecular complexity index is 90.1. The summed E-state index contributed by atoms with van der Waals surface area (Å²) in [7, 11) is 0.651. The Hall–Kier alpha value is 0.137. The van der Waals surface area contributed by atoms with Gasteiger partial charge in [-0.15, -0.1) is 0 Å². The van der Waals surface area contributed by atoms with E-state index in [4.69, 9.17) is 4.43 Å². The van der Waals surface area contributed by atoms with Crippen molar-refractivity contribution in [3.05, 3.63) is 0 Å². The number of likely N-dealkylation sites (N-methyl/N-ethyl adjacent to an activating group) is 1. The Morgan fingerprint density at radius 1 is 1.40 bits per heavy atom. The lowest BCUT2D eigenvalue weighted by atomic mass is 10.4. The summed E-state index contributed by atoms with van der Waals surface area (Å²) in [5, 5.41) is 3.09. The first-order chi connectivity index (χ1) is 4.45. The minimum absolute atomic E-state index is 0.358. The molecule has 0 amide bonds. The number of rotatable bonds is 4. The molecule has 0 aliphatic carbocycles. The molecule has 1 N–H and O–H groups in total. The predicted molar refractivity (Wildman–Crippen MR) is 47.8 cm³/mol. The zero-order valence-corrected chi connectivity index (χ0v) is 8.69. The zero-order chi connectivity index (χ0) is 8.20. The van der Waals surface area contributed by atoms with Crippen molar-refractivity contribution in [2.75, 3.05) is 13.6 Å². The van der Waals surface area contributed by atoms with Gasteiger partial charge in [-0.1, -0.05) is 0 Å². The molecule has 0 aliphatic heterocycles. The van der Waals surface area contributed by atoms with Crippen molar-refractivity contribution in [2.24, 2.45) is 0 Å². The van der Waals surface area contributed by atoms with Crippen LogP contribution in [-0.4, -0.2) is 28.0 Å². The van der Waals surface area contributed by atoms with E-state index in [2.05, 4.69) is 31.9 Å². The molecule has 1 unspecified atom stereocenters. The van der Waals surface area contributed by atoms with E-state index in [0.717, 1.165) is 6.54 Å². The van der Waals surface area contributed by atoms with E-state index in [-0.39, 0.29) is 0 Å². The molecule has 0 aromatic carbocycles. The lowest BCUT2D eigenvalue weighted by Crippen LogP contribution is -2.35. The van der Waals surface area contributed by atoms with Crippen LogP contribution in [0.4, 0.5) is 0 Å². The zero-order valence-electron chi connectivity index (χ0n) is 7.69. The minimum atomic E-state index is -1.30. The summed E-state index contributed by atoms with van der Waals surface area (Å²) in [5.74, 6) is 0. The van der Waals surface area contributed by atoms with Crippen molar-refractivity contribution < 1.29 is 4.43 Å². The highest BCUT2D eigenvalue weighted by atomic mass is 28.4. The van der Waals surface area contributed by atoms with Gasteiger partial charge in [0.2, 0.25) is 0 Å². The largest absolute Gasteiger partial charge is 0.414 e. The second-order valence-electron chi connectivity index (χ2n) is 3.60. The monoisotopic (exact) mass is 161 g/mol. The molecule has 0 saturated carbocycles. The van der Waals surface area contributed by atoms with E-state index in [9.17, 15) is 0 Å². The molecule has 0 aromatic heterocycles. The summed E-state index contributed by atoms with van der Waals surface area (Å²) in [6, 6.07) is 0. The lowest BCUT2D eigenvalue weighted by Gasteiger charge is -2.22. The van der Waals surface area contributed by atoms with Gasteiger partial charge in [0.05, 0.1) is 6.10 Å². The third-order valence-corrected chi connectivity index (χ3v) is 2.16. The van der Waals surface area contributed by atoms with E-state index in [1.54, 1.807) is 0 Å². The quantitative estimate of drug-likeness (QED) is 0.630. The second kappa shape index (κ2) is 4.11. The molecule has 0 saturated heterocycles. The maximum atomic E-state index is 5.75. The first kappa shape index (κ1) is 10.1. The molecule has 0 aliphatic rings. The molecule has 2 nitrogen and oxygen atoms in total. The Labute approximate surface area is 65.1 Å². The molecule has 0 aromatic rings. The van der Waals surface area contributed by atoms with Gasteiger partial charge < -0.3 is 9.74 Å². The summed E-state index contributed by atoms with van der Waals surface area (Å²) in [6.45, 7) is 9.68. The summed E-state index contributed by atoms with van der Waals surface area (Å²) in [6.07, 6.45) is 0.358. The van der Waals surface area contributed by atoms with Gasteiger partial charge >= 0.3 is 0 Å². The van der Waals surface area contributed by atoms with Gasteiger partial charge in [0, 0.05) is 6.54 Å². The summed E-state index contributed by atoms with van der Waals surface area (Å²) >= 11 is 0. The first-order valence-corrected chi connectivity index (χ1v) is 7.19. The van der Waals surface area contributed by atoms with Crippen molar-refractivity contribution in [1.29, 1.82) is 0 Å². The maximum Gasteiger partial charge on any atom is 0.184 e. The molecule has 0 spiro atoms. The molecular weight excluding hydrogens is 142 g/mol. The number of hydrogen-bond acceptors (Lipinski definition) is 2. The predicted octanol–water partition coefficient (Wildman–Crippen LogP) is 1.45. The second-order valence-corrected chi connectivity index (χ2v) is 8.06. The molecule has 62 valence electrons. The van der Waals surface area contributed by atoms with E-state index < -0.39 is 8.32 Å². The van der Waals surface area contributed by atoms with Crippen molar-refractivity contribution in [1.82, 2.24) is 5.32 Å². The number of nitrogens with one attached hydrogen (secondary N) is 1. The lowest BCUT2D eigenvalue weighted by molar-refractivity contribution is 0.213. The molecule has 1 atom stereocenters. The summed E-state index contributed by atoms with van der Waals surface area (Å²) in [5.41, 5.74) is 0. The standard InChI is InChI=1S/C7H19NOSi/c1-7(6-8-2)9-10(3,4)5/h7-8H,6H2,1-5H3. The van der Waals surface area contributed by atoms with Crippen LogP contribution in [0.25, 0.3) is 0 Å². The first-order valence-electron chi connectivity index (χ1n) is 3.78. The van der Waals surface area contributed by atoms with Crippen LogP contribution in [0.2, 0.25) is 19.6 Å². The smallest absolute Gasteiger partial charge is 0.184 e. The third-order valence-electron chi connectivity index (χ3n) is 1.05. The van der Waals surface area contributed by atoms with E-state index in [1.165, 1.54) is 0 Å². The molecule has 0 fully saturated rings. The van der Waals surface area contributed by atoms with Crippen LogP contribution in [0.5, 0.6) is 0 Å². The van der Waals surface area contributed by atoms with Gasteiger partial charge in [0.15, 0.2) is 8.32 Å². The molecule has 0 bridgehead atoms. The summed E-state index contributed by atoms with van der Waals surface area (Å²) in [4.78, 5) is 0. The fraction of sp³-hybridized carbons (Fsp3) is 1.00. The van der Waals surface area contributed by atoms with Crippen LogP contribution >= 0.6 is 0 Å². The molecular formula is C7H19NOSi. The molecule has 3 heteroatoms. The van der Waals surface area contributed by atoms with E-state index in [1.807, 2.05) is 7.05 Å². The highest BCUT2D eigenvalue weighted by Crippen LogP contribution is 2.05. The highest BCUT2D eigenvalue weighted by Gasteiger charge is 2.17. The average Bonchev–Trinajstić information content (AvgIpc) is 1.59. The summed E-state index contributed by atoms with van der Waals surface area (Å²) < 4.78 is 5.75. The molecule has 0 rings (SSSR count). The Kier molecular flexibility index (Phi) is 4.16. The van der Waals surface area contributed by atoms with Gasteiger partial charge in [-0.3, -0.25) is 0 Å². The third kappa shape index (κ3) is 6.26. The minimum Gasteiger partial charge on any atom is -0.414 e. The normalized spacial score (nSPS) is 15.3. The number of hydrogen-bond donors (Lipinski definition) is 1. The highest BCUT2D eigenvalue weighted by molar-refractivity contribution is 6.69. The maximum absolute atomic E-state index is 5.75. The Morgan fingerprint density at radius 2 is 1.90 bits per heavy atom. The van der Waals surface area contributed by atoms with Crippen molar-refractivity contribution in [3.63, 3.8) is 0 Å². The van der Waals surface area contributed by atoms with Gasteiger partial charge in [-0.05, 0) is 33.6 Å². The van der Waals surface area contributed by atoms with Gasteiger partial charge in [0.25, 0.3) is 0 Å². The van der Waals surface area contributed by atoms with Crippen LogP contribution in [0.3, 0.4) is 0 Å².